The highest BCUT2D eigenvalue weighted by molar-refractivity contribution is 5.83. The number of imidazole rings is 1. The number of carbonyl (C=O) groups excluding carboxylic acids is 2. The number of halogens is 5. The molecule has 3 atom stereocenters. The fourth-order valence-corrected chi connectivity index (χ4v) is 5.76. The lowest BCUT2D eigenvalue weighted by Crippen LogP contribution is -2.39. The summed E-state index contributed by atoms with van der Waals surface area (Å²) in [6.45, 7) is 0. The molecule has 1 spiro atoms. The first-order valence-electron chi connectivity index (χ1n) is 12.9. The van der Waals surface area contributed by atoms with Gasteiger partial charge in [0.2, 0.25) is 17.7 Å². The molecule has 2 aromatic heterocycles. The molecule has 0 saturated heterocycles. The first-order chi connectivity index (χ1) is 17.8. The van der Waals surface area contributed by atoms with Gasteiger partial charge in [0, 0.05) is 30.7 Å². The van der Waals surface area contributed by atoms with Crippen LogP contribution in [0.2, 0.25) is 0 Å². The van der Waals surface area contributed by atoms with E-state index in [-0.39, 0.29) is 60.1 Å². The normalized spacial score (nSPS) is 24.0. The van der Waals surface area contributed by atoms with E-state index in [1.54, 1.807) is 6.20 Å². The van der Waals surface area contributed by atoms with Crippen molar-refractivity contribution in [1.29, 1.82) is 0 Å². The maximum absolute atomic E-state index is 13.9. The first kappa shape index (κ1) is 26.8. The lowest BCUT2D eigenvalue weighted by Gasteiger charge is -2.34. The highest BCUT2D eigenvalue weighted by Crippen LogP contribution is 2.65. The van der Waals surface area contributed by atoms with Crippen molar-refractivity contribution in [3.8, 4) is 0 Å². The number of fused-ring (bicyclic) bond motifs is 1. The zero-order valence-electron chi connectivity index (χ0n) is 20.6. The highest BCUT2D eigenvalue weighted by Gasteiger charge is 2.61. The largest absolute Gasteiger partial charge is 0.389 e. The Morgan fingerprint density at radius 1 is 1.16 bits per heavy atom. The molecule has 38 heavy (non-hydrogen) atoms. The summed E-state index contributed by atoms with van der Waals surface area (Å²) in [6, 6.07) is 0.831. The van der Waals surface area contributed by atoms with Crippen LogP contribution >= 0.6 is 0 Å². The molecule has 0 aliphatic heterocycles. The number of aliphatic hydroxyl groups excluding tert-OH is 1. The maximum atomic E-state index is 13.9. The molecule has 3 aliphatic rings. The van der Waals surface area contributed by atoms with E-state index in [2.05, 4.69) is 20.7 Å². The average molecular weight is 544 g/mol. The molecule has 2 aromatic rings. The molecule has 2 heterocycles. The predicted octanol–water partition coefficient (Wildman–Crippen LogP) is 4.35. The maximum Gasteiger partial charge on any atom is 0.389 e. The fourth-order valence-electron chi connectivity index (χ4n) is 5.76. The van der Waals surface area contributed by atoms with E-state index in [0.29, 0.717) is 5.69 Å². The van der Waals surface area contributed by atoms with Gasteiger partial charge in [0.15, 0.2) is 11.9 Å². The number of aromatic nitrogens is 3. The summed E-state index contributed by atoms with van der Waals surface area (Å²) in [7, 11) is 0. The van der Waals surface area contributed by atoms with E-state index in [1.807, 2.05) is 0 Å². The van der Waals surface area contributed by atoms with Gasteiger partial charge in [-0.1, -0.05) is 6.42 Å². The molecule has 208 valence electrons. The van der Waals surface area contributed by atoms with Gasteiger partial charge in [-0.15, -0.1) is 0 Å². The number of rotatable bonds is 8. The second-order valence-corrected chi connectivity index (χ2v) is 11.0. The molecule has 0 bridgehead atoms. The van der Waals surface area contributed by atoms with Gasteiger partial charge >= 0.3 is 6.18 Å². The zero-order chi connectivity index (χ0) is 27.3. The monoisotopic (exact) mass is 543 g/mol. The molecule has 2 amide bonds. The number of nitrogens with one attached hydrogen (secondary N) is 2. The number of carbonyl (C=O) groups is 2. The standard InChI is InChI=1S/C25H30F5N5O3/c26-24(27)7-2-14(3-8-24)20(34-22(38)16-11-23(16)5-1-6-23)17-13-35-18(32-17)10-15(12-31-35)21(37)33-19(36)4-9-25(28,29)30/h10,12-14,16,20-21,37H,1-9,11H2,(H,33,36)(H,34,38)/t16?,20-,21+/m0/s1. The minimum atomic E-state index is -4.49. The van der Waals surface area contributed by atoms with Gasteiger partial charge < -0.3 is 15.7 Å². The predicted molar refractivity (Wildman–Crippen MR) is 124 cm³/mol. The smallest absolute Gasteiger partial charge is 0.369 e. The van der Waals surface area contributed by atoms with Crippen molar-refractivity contribution in [1.82, 2.24) is 25.2 Å². The molecule has 0 radical (unpaired) electrons. The number of nitrogens with zero attached hydrogens (tertiary/aromatic N) is 3. The molecule has 5 rings (SSSR count). The molecule has 8 nitrogen and oxygen atoms in total. The summed E-state index contributed by atoms with van der Waals surface area (Å²) in [6.07, 6.45) is -1.47. The van der Waals surface area contributed by atoms with Gasteiger partial charge in [0.05, 0.1) is 30.6 Å². The summed E-state index contributed by atoms with van der Waals surface area (Å²) >= 11 is 0. The van der Waals surface area contributed by atoms with Gasteiger partial charge in [-0.05, 0) is 49.5 Å². The van der Waals surface area contributed by atoms with E-state index in [9.17, 15) is 36.6 Å². The Kier molecular flexibility index (Phi) is 6.85. The molecule has 1 unspecified atom stereocenters. The van der Waals surface area contributed by atoms with Crippen LogP contribution in [0.25, 0.3) is 5.65 Å². The molecule has 3 N–H and O–H groups in total. The molecule has 3 saturated carbocycles. The Labute approximate surface area is 215 Å². The average Bonchev–Trinajstić information content (AvgIpc) is 3.47. The van der Waals surface area contributed by atoms with E-state index in [1.165, 1.54) is 16.8 Å². The van der Waals surface area contributed by atoms with E-state index < -0.39 is 43.1 Å². The number of amides is 2. The third-order valence-corrected chi connectivity index (χ3v) is 8.31. The number of hydrogen-bond acceptors (Lipinski definition) is 5. The molecule has 3 aliphatic carbocycles. The minimum absolute atomic E-state index is 0.0679. The van der Waals surface area contributed by atoms with Crippen molar-refractivity contribution >= 4 is 17.5 Å². The quantitative estimate of drug-likeness (QED) is 0.339. The van der Waals surface area contributed by atoms with Crippen molar-refractivity contribution in [3.05, 3.63) is 29.7 Å². The van der Waals surface area contributed by atoms with Crippen LogP contribution in [0.3, 0.4) is 0 Å². The Balaban J connectivity index is 1.32. The van der Waals surface area contributed by atoms with Crippen molar-refractivity contribution in [2.45, 2.75) is 88.6 Å². The summed E-state index contributed by atoms with van der Waals surface area (Å²) in [4.78, 5) is 29.4. The Hall–Kier alpha value is -2.83. The third-order valence-electron chi connectivity index (χ3n) is 8.31. The van der Waals surface area contributed by atoms with Crippen molar-refractivity contribution in [3.63, 3.8) is 0 Å². The summed E-state index contributed by atoms with van der Waals surface area (Å²) < 4.78 is 66.2. The Morgan fingerprint density at radius 3 is 2.47 bits per heavy atom. The van der Waals surface area contributed by atoms with Gasteiger partial charge in [-0.3, -0.25) is 9.59 Å². The number of hydrogen-bond donors (Lipinski definition) is 3. The van der Waals surface area contributed by atoms with Crippen molar-refractivity contribution in [2.75, 3.05) is 0 Å². The summed E-state index contributed by atoms with van der Waals surface area (Å²) in [5, 5.41) is 19.6. The lowest BCUT2D eigenvalue weighted by atomic mass is 9.79. The Bertz CT molecular complexity index is 1200. The molecule has 3 fully saturated rings. The summed E-state index contributed by atoms with van der Waals surface area (Å²) in [5.74, 6) is -4.10. The zero-order valence-corrected chi connectivity index (χ0v) is 20.6. The van der Waals surface area contributed by atoms with Gasteiger partial charge in [-0.25, -0.2) is 18.3 Å². The van der Waals surface area contributed by atoms with Crippen molar-refractivity contribution < 1.29 is 36.6 Å². The highest BCUT2D eigenvalue weighted by atomic mass is 19.4. The van der Waals surface area contributed by atoms with Crippen LogP contribution in [0.15, 0.2) is 18.5 Å². The van der Waals surface area contributed by atoms with Crippen molar-refractivity contribution in [2.24, 2.45) is 17.3 Å². The summed E-state index contributed by atoms with van der Waals surface area (Å²) in [5.41, 5.74) is 0.927. The second kappa shape index (κ2) is 9.73. The van der Waals surface area contributed by atoms with Crippen LogP contribution in [-0.4, -0.2) is 43.6 Å². The van der Waals surface area contributed by atoms with Crippen LogP contribution in [-0.2, 0) is 9.59 Å². The second-order valence-electron chi connectivity index (χ2n) is 11.0. The number of aliphatic hydroxyl groups is 1. The van der Waals surface area contributed by atoms with E-state index in [4.69, 9.17) is 0 Å². The topological polar surface area (TPSA) is 109 Å². The molecular formula is C25H30F5N5O3. The first-order valence-corrected chi connectivity index (χ1v) is 12.9. The van der Waals surface area contributed by atoms with Gasteiger partial charge in [-0.2, -0.15) is 18.3 Å². The SMILES string of the molecule is O=C(CCC(F)(F)F)N[C@H](O)c1cnn2cc([C@@H](NC(=O)C3CC34CCC4)C3CCC(F)(F)CC3)nc2c1. The van der Waals surface area contributed by atoms with Gasteiger partial charge in [0.25, 0.3) is 0 Å². The lowest BCUT2D eigenvalue weighted by molar-refractivity contribution is -0.145. The van der Waals surface area contributed by atoms with E-state index >= 15 is 0 Å². The minimum Gasteiger partial charge on any atom is -0.369 e. The van der Waals surface area contributed by atoms with Crippen LogP contribution < -0.4 is 10.6 Å². The third kappa shape index (κ3) is 5.76. The van der Waals surface area contributed by atoms with E-state index in [0.717, 1.165) is 25.7 Å². The van der Waals surface area contributed by atoms with Crippen LogP contribution in [0.1, 0.15) is 87.7 Å². The van der Waals surface area contributed by atoms with Crippen LogP contribution in [0.5, 0.6) is 0 Å². The van der Waals surface area contributed by atoms with Crippen LogP contribution in [0.4, 0.5) is 22.0 Å². The molecule has 13 heteroatoms. The number of alkyl halides is 5. The molecule has 0 aromatic carbocycles. The molecular weight excluding hydrogens is 513 g/mol. The van der Waals surface area contributed by atoms with Gasteiger partial charge in [0.1, 0.15) is 0 Å². The fraction of sp³-hybridized carbons (Fsp3) is 0.680. The van der Waals surface area contributed by atoms with Crippen LogP contribution in [0, 0.1) is 17.3 Å². The Morgan fingerprint density at radius 2 is 1.87 bits per heavy atom.